The van der Waals surface area contributed by atoms with Gasteiger partial charge in [0.2, 0.25) is 0 Å². The van der Waals surface area contributed by atoms with Crippen LogP contribution in [0.1, 0.15) is 26.7 Å². The van der Waals surface area contributed by atoms with Crippen molar-refractivity contribution in [3.05, 3.63) is 0 Å². The normalized spacial score (nSPS) is 8.67. The van der Waals surface area contributed by atoms with Gasteiger partial charge in [-0.1, -0.05) is 0 Å². The lowest BCUT2D eigenvalue weighted by Crippen LogP contribution is -2.00. The number of aliphatic hydroxyl groups is 1. The summed E-state index contributed by atoms with van der Waals surface area (Å²) >= 11 is 0. The average molecular weight is 178 g/mol. The van der Waals surface area contributed by atoms with E-state index in [9.17, 15) is 9.59 Å². The molecule has 0 aromatic carbocycles. The van der Waals surface area contributed by atoms with E-state index in [1.54, 1.807) is 13.8 Å². The summed E-state index contributed by atoms with van der Waals surface area (Å²) in [7, 11) is 0. The van der Waals surface area contributed by atoms with Crippen molar-refractivity contribution in [2.24, 2.45) is 0 Å². The lowest BCUT2D eigenvalue weighted by atomic mass is 10.3. The fourth-order valence-corrected chi connectivity index (χ4v) is 0.214. The van der Waals surface area contributed by atoms with E-state index in [1.807, 2.05) is 0 Å². The smallest absolute Gasteiger partial charge is 0.303 e. The summed E-state index contributed by atoms with van der Waals surface area (Å²) in [6.07, 6.45) is -0.759. The molecular formula is C7H14O5. The van der Waals surface area contributed by atoms with Gasteiger partial charge in [0.25, 0.3) is 0 Å². The van der Waals surface area contributed by atoms with Crippen molar-refractivity contribution in [3.63, 3.8) is 0 Å². The zero-order valence-corrected chi connectivity index (χ0v) is 7.15. The van der Waals surface area contributed by atoms with Crippen LogP contribution in [-0.4, -0.2) is 33.4 Å². The molecule has 0 radical (unpaired) electrons. The van der Waals surface area contributed by atoms with Crippen LogP contribution in [0, 0.1) is 0 Å². The largest absolute Gasteiger partial charge is 0.481 e. The second-order valence-corrected chi connectivity index (χ2v) is 2.38. The van der Waals surface area contributed by atoms with Crippen molar-refractivity contribution in [2.45, 2.75) is 32.8 Å². The number of aliphatic hydroxyl groups excluding tert-OH is 1. The molecule has 0 unspecified atom stereocenters. The molecule has 0 aliphatic rings. The third kappa shape index (κ3) is 36.5. The first-order valence-corrected chi connectivity index (χ1v) is 3.48. The van der Waals surface area contributed by atoms with E-state index in [-0.39, 0.29) is 18.9 Å². The van der Waals surface area contributed by atoms with E-state index in [0.29, 0.717) is 0 Å². The number of rotatable bonds is 3. The highest BCUT2D eigenvalue weighted by Gasteiger charge is 2.00. The third-order valence-electron chi connectivity index (χ3n) is 0.553. The predicted molar refractivity (Wildman–Crippen MR) is 41.9 cm³/mol. The van der Waals surface area contributed by atoms with Crippen LogP contribution in [0.25, 0.3) is 0 Å². The fraction of sp³-hybridized carbons (Fsp3) is 0.714. The monoisotopic (exact) mass is 178 g/mol. The number of carbonyl (C=O) groups is 2. The van der Waals surface area contributed by atoms with Gasteiger partial charge in [-0.15, -0.1) is 0 Å². The third-order valence-corrected chi connectivity index (χ3v) is 0.553. The number of hydrogen-bond acceptors (Lipinski definition) is 3. The molecule has 0 aliphatic carbocycles. The van der Waals surface area contributed by atoms with Gasteiger partial charge in [-0.25, -0.2) is 0 Å². The highest BCUT2D eigenvalue weighted by Crippen LogP contribution is 1.86. The molecule has 0 aliphatic heterocycles. The molecule has 12 heavy (non-hydrogen) atoms. The SMILES string of the molecule is CC(C)O.O=C(O)CCC(=O)O. The molecule has 0 bridgehead atoms. The van der Waals surface area contributed by atoms with Crippen LogP contribution in [-0.2, 0) is 9.59 Å². The van der Waals surface area contributed by atoms with Crippen LogP contribution >= 0.6 is 0 Å². The van der Waals surface area contributed by atoms with Crippen molar-refractivity contribution < 1.29 is 24.9 Å². The second-order valence-electron chi connectivity index (χ2n) is 2.38. The molecule has 0 saturated heterocycles. The summed E-state index contributed by atoms with van der Waals surface area (Å²) in [5, 5.41) is 23.9. The standard InChI is InChI=1S/C4H6O4.C3H8O/c5-3(6)1-2-4(7)8;1-3(2)4/h1-2H2,(H,5,6)(H,7,8);3-4H,1-2H3. The Kier molecular flexibility index (Phi) is 8.99. The minimum absolute atomic E-state index is 0.167. The number of aliphatic carboxylic acids is 2. The van der Waals surface area contributed by atoms with Crippen molar-refractivity contribution in [1.29, 1.82) is 0 Å². The molecule has 0 amide bonds. The summed E-state index contributed by atoms with van der Waals surface area (Å²) in [5.41, 5.74) is 0. The second kappa shape index (κ2) is 8.00. The molecule has 5 nitrogen and oxygen atoms in total. The molecule has 3 N–H and O–H groups in total. The zero-order chi connectivity index (χ0) is 10.1. The van der Waals surface area contributed by atoms with Gasteiger partial charge in [0.05, 0.1) is 12.8 Å². The topological polar surface area (TPSA) is 94.8 Å². The van der Waals surface area contributed by atoms with E-state index >= 15 is 0 Å². The zero-order valence-electron chi connectivity index (χ0n) is 7.15. The minimum atomic E-state index is -1.08. The van der Waals surface area contributed by atoms with Gasteiger partial charge in [-0.05, 0) is 13.8 Å². The Morgan fingerprint density at radius 3 is 1.33 bits per heavy atom. The summed E-state index contributed by atoms with van der Waals surface area (Å²) < 4.78 is 0. The van der Waals surface area contributed by atoms with Crippen molar-refractivity contribution in [1.82, 2.24) is 0 Å². The van der Waals surface area contributed by atoms with Gasteiger partial charge in [-0.3, -0.25) is 9.59 Å². The lowest BCUT2D eigenvalue weighted by molar-refractivity contribution is -0.143. The maximum Gasteiger partial charge on any atom is 0.303 e. The summed E-state index contributed by atoms with van der Waals surface area (Å²) in [6.45, 7) is 3.44. The van der Waals surface area contributed by atoms with Gasteiger partial charge in [0, 0.05) is 6.10 Å². The molecule has 0 aromatic rings. The maximum absolute atomic E-state index is 9.64. The molecule has 0 heterocycles. The molecular weight excluding hydrogens is 164 g/mol. The molecule has 0 saturated carbocycles. The van der Waals surface area contributed by atoms with Crippen LogP contribution in [0.5, 0.6) is 0 Å². The minimum Gasteiger partial charge on any atom is -0.481 e. The molecule has 5 heteroatoms. The van der Waals surface area contributed by atoms with Crippen LogP contribution in [0.4, 0.5) is 0 Å². The quantitative estimate of drug-likeness (QED) is 0.578. The average Bonchev–Trinajstić information content (AvgIpc) is 1.82. The predicted octanol–water partition coefficient (Wildman–Crippen LogP) is 0.323. The van der Waals surface area contributed by atoms with E-state index in [2.05, 4.69) is 0 Å². The Morgan fingerprint density at radius 1 is 1.08 bits per heavy atom. The number of carboxylic acids is 2. The van der Waals surface area contributed by atoms with Crippen LogP contribution in [0.2, 0.25) is 0 Å². The Morgan fingerprint density at radius 2 is 1.25 bits per heavy atom. The first-order valence-electron chi connectivity index (χ1n) is 3.48. The van der Waals surface area contributed by atoms with E-state index < -0.39 is 11.9 Å². The van der Waals surface area contributed by atoms with Gasteiger partial charge < -0.3 is 15.3 Å². The van der Waals surface area contributed by atoms with Crippen LogP contribution < -0.4 is 0 Å². The Labute approximate surface area is 70.6 Å². The Balaban J connectivity index is 0. The van der Waals surface area contributed by atoms with E-state index in [0.717, 1.165) is 0 Å². The molecule has 72 valence electrons. The van der Waals surface area contributed by atoms with Gasteiger partial charge in [0.1, 0.15) is 0 Å². The van der Waals surface area contributed by atoms with Gasteiger partial charge in [-0.2, -0.15) is 0 Å². The summed E-state index contributed by atoms with van der Waals surface area (Å²) in [5.74, 6) is -2.15. The van der Waals surface area contributed by atoms with Crippen molar-refractivity contribution >= 4 is 11.9 Å². The Hall–Kier alpha value is -1.10. The molecule has 0 rings (SSSR count). The lowest BCUT2D eigenvalue weighted by Gasteiger charge is -1.85. The highest BCUT2D eigenvalue weighted by atomic mass is 16.4. The van der Waals surface area contributed by atoms with Crippen molar-refractivity contribution in [2.75, 3.05) is 0 Å². The summed E-state index contributed by atoms with van der Waals surface area (Å²) in [4.78, 5) is 19.3. The van der Waals surface area contributed by atoms with Crippen LogP contribution in [0.15, 0.2) is 0 Å². The van der Waals surface area contributed by atoms with Crippen LogP contribution in [0.3, 0.4) is 0 Å². The number of carboxylic acid groups (broad SMARTS) is 2. The van der Waals surface area contributed by atoms with Gasteiger partial charge >= 0.3 is 11.9 Å². The number of hydrogen-bond donors (Lipinski definition) is 3. The first kappa shape index (κ1) is 13.5. The van der Waals surface area contributed by atoms with Crippen molar-refractivity contribution in [3.8, 4) is 0 Å². The van der Waals surface area contributed by atoms with E-state index in [1.165, 1.54) is 0 Å². The molecule has 0 fully saturated rings. The molecule has 0 aromatic heterocycles. The molecule has 0 spiro atoms. The highest BCUT2D eigenvalue weighted by molar-refractivity contribution is 5.75. The molecule has 0 atom stereocenters. The van der Waals surface area contributed by atoms with Gasteiger partial charge in [0.15, 0.2) is 0 Å². The van der Waals surface area contributed by atoms with E-state index in [4.69, 9.17) is 15.3 Å². The first-order chi connectivity index (χ1) is 5.36. The Bertz CT molecular complexity index is 124. The fourth-order valence-electron chi connectivity index (χ4n) is 0.214. The summed E-state index contributed by atoms with van der Waals surface area (Å²) in [6, 6.07) is 0. The maximum atomic E-state index is 9.64.